The van der Waals surface area contributed by atoms with Crippen LogP contribution in [-0.2, 0) is 6.54 Å². The monoisotopic (exact) mass is 371 g/mol. The van der Waals surface area contributed by atoms with E-state index in [0.29, 0.717) is 24.0 Å². The van der Waals surface area contributed by atoms with E-state index >= 15 is 0 Å². The topological polar surface area (TPSA) is 88.8 Å². The van der Waals surface area contributed by atoms with Crippen LogP contribution in [0, 0.1) is 6.92 Å². The molecule has 0 fully saturated rings. The number of carbonyl (C=O) groups is 1. The van der Waals surface area contributed by atoms with Crippen LogP contribution in [0.1, 0.15) is 36.3 Å². The molecular formula is C17H21N7OS. The van der Waals surface area contributed by atoms with Crippen molar-refractivity contribution in [1.29, 1.82) is 0 Å². The number of urea groups is 1. The number of tetrazole rings is 1. The first-order valence-corrected chi connectivity index (χ1v) is 9.14. The van der Waals surface area contributed by atoms with Crippen molar-refractivity contribution in [3.05, 3.63) is 46.2 Å². The van der Waals surface area contributed by atoms with E-state index in [1.54, 1.807) is 28.0 Å². The van der Waals surface area contributed by atoms with Crippen molar-refractivity contribution < 1.29 is 4.79 Å². The van der Waals surface area contributed by atoms with Gasteiger partial charge in [-0.05, 0) is 41.6 Å². The van der Waals surface area contributed by atoms with Crippen LogP contribution < -0.4 is 5.32 Å². The van der Waals surface area contributed by atoms with Crippen molar-refractivity contribution in [2.45, 2.75) is 33.2 Å². The Morgan fingerprint density at radius 2 is 2.04 bits per heavy atom. The zero-order valence-electron chi connectivity index (χ0n) is 15.2. The van der Waals surface area contributed by atoms with Crippen molar-refractivity contribution in [3.63, 3.8) is 0 Å². The zero-order chi connectivity index (χ0) is 18.7. The highest BCUT2D eigenvalue weighted by atomic mass is 32.1. The predicted molar refractivity (Wildman–Crippen MR) is 101 cm³/mol. The predicted octanol–water partition coefficient (Wildman–Crippen LogP) is 3.21. The quantitative estimate of drug-likeness (QED) is 0.744. The summed E-state index contributed by atoms with van der Waals surface area (Å²) in [7, 11) is 1.75. The first-order chi connectivity index (χ1) is 12.4. The fourth-order valence-corrected chi connectivity index (χ4v) is 3.18. The number of thiazole rings is 1. The Morgan fingerprint density at radius 3 is 2.62 bits per heavy atom. The summed E-state index contributed by atoms with van der Waals surface area (Å²) >= 11 is 1.63. The van der Waals surface area contributed by atoms with Gasteiger partial charge in [-0.1, -0.05) is 13.8 Å². The van der Waals surface area contributed by atoms with Gasteiger partial charge in [-0.15, -0.1) is 16.4 Å². The van der Waals surface area contributed by atoms with E-state index in [-0.39, 0.29) is 6.03 Å². The number of carbonyl (C=O) groups excluding carboxylic acids is 1. The molecule has 2 aromatic heterocycles. The molecule has 0 aliphatic heterocycles. The maximum atomic E-state index is 12.4. The zero-order valence-corrected chi connectivity index (χ0v) is 16.0. The molecule has 2 amide bonds. The van der Waals surface area contributed by atoms with Gasteiger partial charge in [0.25, 0.3) is 0 Å². The largest absolute Gasteiger partial charge is 0.322 e. The molecule has 9 heteroatoms. The number of rotatable bonds is 5. The van der Waals surface area contributed by atoms with Crippen LogP contribution in [0.2, 0.25) is 0 Å². The number of aryl methyl sites for hydroxylation is 1. The van der Waals surface area contributed by atoms with Crippen LogP contribution in [-0.4, -0.2) is 43.2 Å². The summed E-state index contributed by atoms with van der Waals surface area (Å²) in [5.74, 6) is 1.10. The molecule has 2 heterocycles. The van der Waals surface area contributed by atoms with Crippen molar-refractivity contribution in [2.75, 3.05) is 12.4 Å². The summed E-state index contributed by atoms with van der Waals surface area (Å²) in [6, 6.07) is 7.17. The lowest BCUT2D eigenvalue weighted by Crippen LogP contribution is -2.30. The average Bonchev–Trinajstić information content (AvgIpc) is 3.24. The van der Waals surface area contributed by atoms with E-state index < -0.39 is 0 Å². The molecule has 26 heavy (non-hydrogen) atoms. The van der Waals surface area contributed by atoms with E-state index in [0.717, 1.165) is 16.4 Å². The molecule has 0 aliphatic carbocycles. The lowest BCUT2D eigenvalue weighted by molar-refractivity contribution is 0.220. The molecule has 8 nitrogen and oxygen atoms in total. The van der Waals surface area contributed by atoms with Crippen LogP contribution in [0.15, 0.2) is 29.6 Å². The fourth-order valence-electron chi connectivity index (χ4n) is 2.35. The van der Waals surface area contributed by atoms with Crippen molar-refractivity contribution in [3.8, 4) is 5.69 Å². The molecule has 3 rings (SSSR count). The number of hydrogen-bond donors (Lipinski definition) is 1. The molecule has 0 bridgehead atoms. The van der Waals surface area contributed by atoms with Gasteiger partial charge in [0.2, 0.25) is 0 Å². The highest BCUT2D eigenvalue weighted by Crippen LogP contribution is 2.20. The van der Waals surface area contributed by atoms with Gasteiger partial charge in [0, 0.05) is 24.0 Å². The Kier molecular flexibility index (Phi) is 5.27. The smallest absolute Gasteiger partial charge is 0.321 e. The molecule has 1 N–H and O–H groups in total. The molecule has 0 spiro atoms. The van der Waals surface area contributed by atoms with Gasteiger partial charge in [0.05, 0.1) is 22.9 Å². The fraction of sp³-hybridized carbons (Fsp3) is 0.353. The van der Waals surface area contributed by atoms with Crippen LogP contribution >= 0.6 is 11.3 Å². The molecule has 0 unspecified atom stereocenters. The molecule has 0 saturated carbocycles. The van der Waals surface area contributed by atoms with Gasteiger partial charge < -0.3 is 10.2 Å². The third-order valence-corrected chi connectivity index (χ3v) is 4.99. The van der Waals surface area contributed by atoms with Crippen LogP contribution in [0.4, 0.5) is 10.5 Å². The Labute approximate surface area is 155 Å². The second-order valence-corrected chi connectivity index (χ2v) is 7.19. The minimum absolute atomic E-state index is 0.185. The third-order valence-electron chi connectivity index (χ3n) is 3.80. The maximum Gasteiger partial charge on any atom is 0.321 e. The molecule has 0 aliphatic rings. The van der Waals surface area contributed by atoms with Crippen LogP contribution in [0.5, 0.6) is 0 Å². The van der Waals surface area contributed by atoms with Crippen molar-refractivity contribution >= 4 is 23.1 Å². The highest BCUT2D eigenvalue weighted by molar-refractivity contribution is 7.09. The van der Waals surface area contributed by atoms with E-state index in [9.17, 15) is 4.79 Å². The summed E-state index contributed by atoms with van der Waals surface area (Å²) in [6.07, 6.45) is 0. The number of anilines is 1. The molecule has 0 saturated heterocycles. The van der Waals surface area contributed by atoms with Gasteiger partial charge in [-0.25, -0.2) is 9.78 Å². The lowest BCUT2D eigenvalue weighted by atomic mass is 10.2. The molecule has 0 radical (unpaired) electrons. The summed E-state index contributed by atoms with van der Waals surface area (Å²) in [6.45, 7) is 6.52. The van der Waals surface area contributed by atoms with Gasteiger partial charge >= 0.3 is 6.03 Å². The lowest BCUT2D eigenvalue weighted by Gasteiger charge is -2.17. The summed E-state index contributed by atoms with van der Waals surface area (Å²) in [5, 5.41) is 17.4. The molecule has 1 aromatic carbocycles. The normalized spacial score (nSPS) is 11.0. The number of hydrogen-bond acceptors (Lipinski definition) is 6. The summed E-state index contributed by atoms with van der Waals surface area (Å²) in [4.78, 5) is 18.6. The minimum atomic E-state index is -0.185. The Morgan fingerprint density at radius 1 is 1.31 bits per heavy atom. The molecule has 0 atom stereocenters. The number of nitrogens with zero attached hydrogens (tertiary/aromatic N) is 6. The minimum Gasteiger partial charge on any atom is -0.322 e. The van der Waals surface area contributed by atoms with E-state index in [4.69, 9.17) is 0 Å². The standard InChI is InChI=1S/C17H21N7OS/c1-11(2)16-18-14(10-26-16)9-23(4)17(25)19-13-5-7-15(8-6-13)24-12(3)20-21-22-24/h5-8,10-11H,9H2,1-4H3,(H,19,25). The van der Waals surface area contributed by atoms with Crippen molar-refractivity contribution in [1.82, 2.24) is 30.1 Å². The van der Waals surface area contributed by atoms with Crippen molar-refractivity contribution in [2.24, 2.45) is 0 Å². The number of aromatic nitrogens is 5. The molecular weight excluding hydrogens is 350 g/mol. The number of benzene rings is 1. The van der Waals surface area contributed by atoms with Gasteiger partial charge in [0.1, 0.15) is 0 Å². The summed E-state index contributed by atoms with van der Waals surface area (Å²) < 4.78 is 1.63. The molecule has 136 valence electrons. The van der Waals surface area contributed by atoms with E-state index in [1.165, 1.54) is 0 Å². The number of nitrogens with one attached hydrogen (secondary N) is 1. The summed E-state index contributed by atoms with van der Waals surface area (Å²) in [5.41, 5.74) is 2.45. The third kappa shape index (κ3) is 4.05. The first kappa shape index (κ1) is 18.0. The van der Waals surface area contributed by atoms with Gasteiger partial charge in [-0.2, -0.15) is 4.68 Å². The van der Waals surface area contributed by atoms with Gasteiger partial charge in [0.15, 0.2) is 5.82 Å². The maximum absolute atomic E-state index is 12.4. The first-order valence-electron chi connectivity index (χ1n) is 8.26. The Hall–Kier alpha value is -2.81. The van der Waals surface area contributed by atoms with E-state index in [2.05, 4.69) is 39.7 Å². The Balaban J connectivity index is 1.60. The SMILES string of the molecule is Cc1nnnn1-c1ccc(NC(=O)N(C)Cc2csc(C(C)C)n2)cc1. The van der Waals surface area contributed by atoms with Crippen LogP contribution in [0.3, 0.4) is 0 Å². The number of amides is 2. The highest BCUT2D eigenvalue weighted by Gasteiger charge is 2.13. The average molecular weight is 371 g/mol. The second-order valence-electron chi connectivity index (χ2n) is 6.30. The van der Waals surface area contributed by atoms with Gasteiger partial charge in [-0.3, -0.25) is 0 Å². The Bertz CT molecular complexity index is 885. The second kappa shape index (κ2) is 7.61. The molecule has 3 aromatic rings. The van der Waals surface area contributed by atoms with Crippen LogP contribution in [0.25, 0.3) is 5.69 Å². The van der Waals surface area contributed by atoms with E-state index in [1.807, 2.05) is 36.6 Å².